The van der Waals surface area contributed by atoms with Crippen LogP contribution in [0.1, 0.15) is 48.8 Å². The molecule has 8 nitrogen and oxygen atoms in total. The molecule has 6 rings (SSSR count). The van der Waals surface area contributed by atoms with Crippen molar-refractivity contribution in [2.45, 2.75) is 56.9 Å². The second-order valence-electron chi connectivity index (χ2n) is 11.5. The van der Waals surface area contributed by atoms with E-state index in [0.29, 0.717) is 19.3 Å². The third kappa shape index (κ3) is 5.32. The van der Waals surface area contributed by atoms with Gasteiger partial charge in [-0.05, 0) is 59.9 Å². The molecule has 2 saturated carbocycles. The van der Waals surface area contributed by atoms with Crippen LogP contribution in [0.15, 0.2) is 78.9 Å². The number of carboxylic acid groups (broad SMARTS) is 1. The van der Waals surface area contributed by atoms with Gasteiger partial charge in [-0.15, -0.1) is 0 Å². The average molecular weight is 555 g/mol. The van der Waals surface area contributed by atoms with Crippen LogP contribution in [-0.2, 0) is 25.7 Å². The van der Waals surface area contributed by atoms with Crippen molar-refractivity contribution in [2.75, 3.05) is 6.61 Å². The van der Waals surface area contributed by atoms with Crippen molar-refractivity contribution >= 4 is 18.0 Å². The standard InChI is InChI=1S/C33H34N2O6/c1-20(40-18-21-9-3-2-4-10-21)29(30(36)37)35-31(38)33-16-22(33)15-23(17-33)34-32(39)41-19-28-26-13-7-5-11-24(26)25-12-6-8-14-27(25)28/h2-14,20,22-23,28-29H,15-19H2,1H3,(H,34,39)(H,35,38)(H,36,37). The van der Waals surface area contributed by atoms with E-state index >= 15 is 0 Å². The number of carboxylic acids is 1. The van der Waals surface area contributed by atoms with Crippen molar-refractivity contribution in [1.29, 1.82) is 0 Å². The lowest BCUT2D eigenvalue weighted by atomic mass is 9.98. The van der Waals surface area contributed by atoms with E-state index in [1.807, 2.05) is 54.6 Å². The number of hydrogen-bond donors (Lipinski definition) is 3. The molecule has 3 N–H and O–H groups in total. The second kappa shape index (κ2) is 11.0. The molecule has 5 unspecified atom stereocenters. The fourth-order valence-corrected chi connectivity index (χ4v) is 6.66. The fraction of sp³-hybridized carbons (Fsp3) is 0.364. The molecule has 0 aromatic heterocycles. The molecule has 8 heteroatoms. The topological polar surface area (TPSA) is 114 Å². The molecule has 0 heterocycles. The number of carbonyl (C=O) groups is 3. The van der Waals surface area contributed by atoms with E-state index in [-0.39, 0.29) is 37.0 Å². The minimum atomic E-state index is -1.17. The van der Waals surface area contributed by atoms with Crippen LogP contribution in [0.4, 0.5) is 4.79 Å². The summed E-state index contributed by atoms with van der Waals surface area (Å²) in [5.41, 5.74) is 4.89. The zero-order chi connectivity index (χ0) is 28.6. The Balaban J connectivity index is 1.02. The number of benzene rings is 3. The van der Waals surface area contributed by atoms with Gasteiger partial charge >= 0.3 is 12.1 Å². The first-order valence-corrected chi connectivity index (χ1v) is 14.2. The van der Waals surface area contributed by atoms with Crippen molar-refractivity contribution in [3.63, 3.8) is 0 Å². The van der Waals surface area contributed by atoms with Gasteiger partial charge in [0.15, 0.2) is 6.04 Å². The van der Waals surface area contributed by atoms with Crippen LogP contribution < -0.4 is 10.6 Å². The Labute approximate surface area is 239 Å². The lowest BCUT2D eigenvalue weighted by molar-refractivity contribution is -0.147. The highest BCUT2D eigenvalue weighted by atomic mass is 16.5. The Kier molecular flexibility index (Phi) is 7.26. The Morgan fingerprint density at radius 3 is 2.22 bits per heavy atom. The van der Waals surface area contributed by atoms with Gasteiger partial charge in [-0.3, -0.25) is 4.79 Å². The molecule has 3 aliphatic rings. The first-order valence-electron chi connectivity index (χ1n) is 14.2. The number of amides is 2. The molecular formula is C33H34N2O6. The highest BCUT2D eigenvalue weighted by Crippen LogP contribution is 2.63. The molecule has 0 spiro atoms. The summed E-state index contributed by atoms with van der Waals surface area (Å²) in [4.78, 5) is 38.1. The molecule has 0 saturated heterocycles. The summed E-state index contributed by atoms with van der Waals surface area (Å²) in [7, 11) is 0. The van der Waals surface area contributed by atoms with Crippen molar-refractivity contribution in [1.82, 2.24) is 10.6 Å². The fourth-order valence-electron chi connectivity index (χ4n) is 6.66. The summed E-state index contributed by atoms with van der Waals surface area (Å²) in [5, 5.41) is 15.5. The molecule has 41 heavy (non-hydrogen) atoms. The molecule has 0 bridgehead atoms. The van der Waals surface area contributed by atoms with E-state index in [9.17, 15) is 19.5 Å². The van der Waals surface area contributed by atoms with Crippen LogP contribution >= 0.6 is 0 Å². The van der Waals surface area contributed by atoms with Gasteiger partial charge in [-0.25, -0.2) is 9.59 Å². The molecule has 5 atom stereocenters. The minimum absolute atomic E-state index is 0.0266. The summed E-state index contributed by atoms with van der Waals surface area (Å²) in [6.07, 6.45) is 0.587. The molecule has 3 aliphatic carbocycles. The van der Waals surface area contributed by atoms with Crippen molar-refractivity contribution < 1.29 is 29.0 Å². The SMILES string of the molecule is CC(OCc1ccccc1)C(NC(=O)C12CC(NC(=O)OCC3c4ccccc4-c4ccccc43)CC1C2)C(=O)O. The van der Waals surface area contributed by atoms with Gasteiger partial charge in [-0.1, -0.05) is 78.9 Å². The number of ether oxygens (including phenoxy) is 2. The zero-order valence-electron chi connectivity index (χ0n) is 22.9. The lowest BCUT2D eigenvalue weighted by Gasteiger charge is -2.25. The second-order valence-corrected chi connectivity index (χ2v) is 11.5. The summed E-state index contributed by atoms with van der Waals surface area (Å²) < 4.78 is 11.5. The van der Waals surface area contributed by atoms with E-state index in [1.165, 1.54) is 11.1 Å². The number of hydrogen-bond acceptors (Lipinski definition) is 5. The van der Waals surface area contributed by atoms with Gasteiger partial charge in [0, 0.05) is 12.0 Å². The molecule has 2 fully saturated rings. The van der Waals surface area contributed by atoms with E-state index < -0.39 is 29.6 Å². The summed E-state index contributed by atoms with van der Waals surface area (Å²) in [5.74, 6) is -1.35. The van der Waals surface area contributed by atoms with Crippen LogP contribution in [-0.4, -0.2) is 47.9 Å². The Morgan fingerprint density at radius 2 is 1.56 bits per heavy atom. The van der Waals surface area contributed by atoms with Crippen molar-refractivity contribution in [2.24, 2.45) is 11.3 Å². The van der Waals surface area contributed by atoms with E-state index in [4.69, 9.17) is 9.47 Å². The van der Waals surface area contributed by atoms with Crippen LogP contribution in [0.3, 0.4) is 0 Å². The highest BCUT2D eigenvalue weighted by Gasteiger charge is 2.65. The van der Waals surface area contributed by atoms with Crippen LogP contribution in [0.5, 0.6) is 0 Å². The van der Waals surface area contributed by atoms with Gasteiger partial charge in [0.2, 0.25) is 5.91 Å². The average Bonchev–Trinajstić information content (AvgIpc) is 3.41. The quantitative estimate of drug-likeness (QED) is 0.330. The highest BCUT2D eigenvalue weighted by molar-refractivity contribution is 5.90. The summed E-state index contributed by atoms with van der Waals surface area (Å²) >= 11 is 0. The van der Waals surface area contributed by atoms with E-state index in [0.717, 1.165) is 16.7 Å². The van der Waals surface area contributed by atoms with Crippen LogP contribution in [0.25, 0.3) is 11.1 Å². The largest absolute Gasteiger partial charge is 0.480 e. The number of carbonyl (C=O) groups excluding carboxylic acids is 2. The molecule has 2 amide bonds. The number of aliphatic carboxylic acids is 1. The maximum atomic E-state index is 13.3. The monoisotopic (exact) mass is 554 g/mol. The predicted octanol–water partition coefficient (Wildman–Crippen LogP) is 4.87. The van der Waals surface area contributed by atoms with Gasteiger partial charge in [0.25, 0.3) is 0 Å². The predicted molar refractivity (Wildman–Crippen MR) is 152 cm³/mol. The van der Waals surface area contributed by atoms with Crippen molar-refractivity contribution in [3.8, 4) is 11.1 Å². The van der Waals surface area contributed by atoms with Gasteiger partial charge in [0.05, 0.1) is 18.1 Å². The summed E-state index contributed by atoms with van der Waals surface area (Å²) in [6.45, 7) is 2.13. The molecule has 0 radical (unpaired) electrons. The maximum absolute atomic E-state index is 13.3. The Morgan fingerprint density at radius 1 is 0.927 bits per heavy atom. The van der Waals surface area contributed by atoms with Crippen molar-refractivity contribution in [3.05, 3.63) is 95.6 Å². The molecule has 3 aromatic rings. The third-order valence-corrected chi connectivity index (χ3v) is 8.91. The van der Waals surface area contributed by atoms with Crippen LogP contribution in [0.2, 0.25) is 0 Å². The Hall–Kier alpha value is -4.17. The first-order chi connectivity index (χ1) is 19.9. The van der Waals surface area contributed by atoms with Gasteiger partial charge in [-0.2, -0.15) is 0 Å². The number of fused-ring (bicyclic) bond motifs is 4. The van der Waals surface area contributed by atoms with Gasteiger partial charge in [0.1, 0.15) is 6.61 Å². The van der Waals surface area contributed by atoms with E-state index in [2.05, 4.69) is 34.9 Å². The minimum Gasteiger partial charge on any atom is -0.480 e. The first kappa shape index (κ1) is 27.0. The normalized spacial score (nSPS) is 23.4. The number of alkyl carbamates (subject to hydrolysis) is 1. The summed E-state index contributed by atoms with van der Waals surface area (Å²) in [6, 6.07) is 24.5. The molecule has 212 valence electrons. The van der Waals surface area contributed by atoms with Gasteiger partial charge < -0.3 is 25.2 Å². The smallest absolute Gasteiger partial charge is 0.407 e. The molecule has 3 aromatic carbocycles. The molecular weight excluding hydrogens is 520 g/mol. The Bertz CT molecular complexity index is 1410. The van der Waals surface area contributed by atoms with E-state index in [1.54, 1.807) is 6.92 Å². The number of rotatable bonds is 10. The molecule has 0 aliphatic heterocycles. The number of nitrogens with one attached hydrogen (secondary N) is 2. The maximum Gasteiger partial charge on any atom is 0.407 e. The van der Waals surface area contributed by atoms with Crippen LogP contribution in [0, 0.1) is 11.3 Å². The third-order valence-electron chi connectivity index (χ3n) is 8.91. The lowest BCUT2D eigenvalue weighted by Crippen LogP contribution is -2.51. The zero-order valence-corrected chi connectivity index (χ0v) is 22.9.